The number of carbonyl (C=O) groups excluding carboxylic acids is 2. The molecule has 0 saturated carbocycles. The molecule has 156 valence electrons. The van der Waals surface area contributed by atoms with Crippen molar-refractivity contribution in [1.29, 1.82) is 5.26 Å². The van der Waals surface area contributed by atoms with Crippen LogP contribution in [0.3, 0.4) is 0 Å². The van der Waals surface area contributed by atoms with E-state index in [9.17, 15) is 9.59 Å². The van der Waals surface area contributed by atoms with E-state index in [0.717, 1.165) is 16.7 Å². The molecule has 0 aliphatic rings. The van der Waals surface area contributed by atoms with Gasteiger partial charge in [-0.2, -0.15) is 5.26 Å². The largest absolute Gasteiger partial charge is 0.353 e. The maximum atomic E-state index is 12.8. The van der Waals surface area contributed by atoms with Gasteiger partial charge in [-0.05, 0) is 17.2 Å². The SMILES string of the molecule is N#CCCNC(=O)C(Cc1ccccc1)NC(=O)Nc1ccccc1-c1ccccc1. The fraction of sp³-hybridized carbons (Fsp3) is 0.160. The van der Waals surface area contributed by atoms with Crippen LogP contribution < -0.4 is 16.0 Å². The van der Waals surface area contributed by atoms with Crippen molar-refractivity contribution in [3.63, 3.8) is 0 Å². The van der Waals surface area contributed by atoms with Crippen molar-refractivity contribution < 1.29 is 9.59 Å². The number of rotatable bonds is 8. The number of anilines is 1. The van der Waals surface area contributed by atoms with Crippen LogP contribution in [-0.4, -0.2) is 24.5 Å². The predicted octanol–water partition coefficient (Wildman–Crippen LogP) is 4.12. The number of carbonyl (C=O) groups is 2. The third kappa shape index (κ3) is 6.44. The summed E-state index contributed by atoms with van der Waals surface area (Å²) in [6.45, 7) is 0.237. The van der Waals surface area contributed by atoms with E-state index in [1.54, 1.807) is 0 Å². The number of nitrogens with zero attached hydrogens (tertiary/aromatic N) is 1. The van der Waals surface area contributed by atoms with Crippen LogP contribution in [-0.2, 0) is 11.2 Å². The smallest absolute Gasteiger partial charge is 0.319 e. The molecule has 0 radical (unpaired) electrons. The highest BCUT2D eigenvalue weighted by Gasteiger charge is 2.21. The summed E-state index contributed by atoms with van der Waals surface area (Å²) >= 11 is 0. The van der Waals surface area contributed by atoms with Crippen LogP contribution in [0.25, 0.3) is 11.1 Å². The molecule has 0 bridgehead atoms. The Hall–Kier alpha value is -4.11. The van der Waals surface area contributed by atoms with Crippen molar-refractivity contribution in [3.8, 4) is 17.2 Å². The van der Waals surface area contributed by atoms with Crippen molar-refractivity contribution in [2.75, 3.05) is 11.9 Å². The molecule has 6 heteroatoms. The Balaban J connectivity index is 1.73. The lowest BCUT2D eigenvalue weighted by molar-refractivity contribution is -0.122. The first-order valence-corrected chi connectivity index (χ1v) is 10.1. The van der Waals surface area contributed by atoms with E-state index in [4.69, 9.17) is 5.26 Å². The zero-order chi connectivity index (χ0) is 21.9. The number of hydrogen-bond acceptors (Lipinski definition) is 3. The van der Waals surface area contributed by atoms with Gasteiger partial charge in [0.1, 0.15) is 6.04 Å². The summed E-state index contributed by atoms with van der Waals surface area (Å²) in [6, 6.07) is 27.5. The quantitative estimate of drug-likeness (QED) is 0.486. The molecule has 0 fully saturated rings. The normalized spacial score (nSPS) is 11.1. The Bertz CT molecular complexity index is 1050. The fourth-order valence-electron chi connectivity index (χ4n) is 3.20. The van der Waals surface area contributed by atoms with Crippen LogP contribution >= 0.6 is 0 Å². The van der Waals surface area contributed by atoms with Crippen LogP contribution in [0.5, 0.6) is 0 Å². The van der Waals surface area contributed by atoms with Gasteiger partial charge < -0.3 is 16.0 Å². The van der Waals surface area contributed by atoms with Crippen LogP contribution in [0.1, 0.15) is 12.0 Å². The molecule has 3 aromatic carbocycles. The van der Waals surface area contributed by atoms with Gasteiger partial charge in [0, 0.05) is 18.5 Å². The van der Waals surface area contributed by atoms with Gasteiger partial charge in [-0.15, -0.1) is 0 Å². The van der Waals surface area contributed by atoms with Crippen molar-refractivity contribution in [2.24, 2.45) is 0 Å². The van der Waals surface area contributed by atoms with Crippen LogP contribution in [0.15, 0.2) is 84.9 Å². The molecule has 1 unspecified atom stereocenters. The fourth-order valence-corrected chi connectivity index (χ4v) is 3.20. The van der Waals surface area contributed by atoms with Gasteiger partial charge in [0.2, 0.25) is 5.91 Å². The Morgan fingerprint density at radius 1 is 0.871 bits per heavy atom. The maximum Gasteiger partial charge on any atom is 0.319 e. The van der Waals surface area contributed by atoms with Gasteiger partial charge >= 0.3 is 6.03 Å². The third-order valence-electron chi connectivity index (χ3n) is 4.70. The second-order valence-corrected chi connectivity index (χ2v) is 6.95. The lowest BCUT2D eigenvalue weighted by Gasteiger charge is -2.19. The van der Waals surface area contributed by atoms with Gasteiger partial charge in [-0.1, -0.05) is 78.9 Å². The Labute approximate surface area is 181 Å². The summed E-state index contributed by atoms with van der Waals surface area (Å²) in [7, 11) is 0. The number of nitriles is 1. The Morgan fingerprint density at radius 3 is 2.23 bits per heavy atom. The average molecular weight is 412 g/mol. The topological polar surface area (TPSA) is 94.0 Å². The second kappa shape index (κ2) is 11.2. The van der Waals surface area contributed by atoms with E-state index in [0.29, 0.717) is 12.1 Å². The van der Waals surface area contributed by atoms with Crippen LogP contribution in [0.4, 0.5) is 10.5 Å². The first-order chi connectivity index (χ1) is 15.2. The lowest BCUT2D eigenvalue weighted by atomic mass is 10.0. The van der Waals surface area contributed by atoms with Gasteiger partial charge in [0.15, 0.2) is 0 Å². The number of urea groups is 1. The Kier molecular flexibility index (Phi) is 7.78. The third-order valence-corrected chi connectivity index (χ3v) is 4.70. The highest BCUT2D eigenvalue weighted by molar-refractivity contribution is 5.97. The molecule has 0 spiro atoms. The molecule has 0 aromatic heterocycles. The van der Waals surface area contributed by atoms with E-state index in [1.165, 1.54) is 0 Å². The summed E-state index contributed by atoms with van der Waals surface area (Å²) in [6.07, 6.45) is 0.549. The molecule has 3 N–H and O–H groups in total. The van der Waals surface area contributed by atoms with Crippen molar-refractivity contribution in [3.05, 3.63) is 90.5 Å². The van der Waals surface area contributed by atoms with E-state index in [2.05, 4.69) is 16.0 Å². The van der Waals surface area contributed by atoms with Gasteiger partial charge in [-0.3, -0.25) is 4.79 Å². The molecule has 3 aromatic rings. The van der Waals surface area contributed by atoms with Gasteiger partial charge in [-0.25, -0.2) is 4.79 Å². The van der Waals surface area contributed by atoms with E-state index < -0.39 is 12.1 Å². The number of hydrogen-bond donors (Lipinski definition) is 3. The highest BCUT2D eigenvalue weighted by Crippen LogP contribution is 2.27. The minimum Gasteiger partial charge on any atom is -0.353 e. The molecule has 0 aliphatic heterocycles. The highest BCUT2D eigenvalue weighted by atomic mass is 16.2. The van der Waals surface area contributed by atoms with Crippen LogP contribution in [0, 0.1) is 11.3 Å². The molecule has 1 atom stereocenters. The molecule has 31 heavy (non-hydrogen) atoms. The standard InChI is InChI=1S/C25H24N4O2/c26-16-9-17-27-24(30)23(18-19-10-3-1-4-11-19)29-25(31)28-22-15-8-7-14-21(22)20-12-5-2-6-13-20/h1-8,10-15,23H,9,17-18H2,(H,27,30)(H2,28,29,31). The zero-order valence-corrected chi connectivity index (χ0v) is 17.0. The first-order valence-electron chi connectivity index (χ1n) is 10.1. The minimum atomic E-state index is -0.773. The molecule has 0 saturated heterocycles. The predicted molar refractivity (Wildman–Crippen MR) is 121 cm³/mol. The number of amides is 3. The lowest BCUT2D eigenvalue weighted by Crippen LogP contribution is -2.49. The zero-order valence-electron chi connectivity index (χ0n) is 17.0. The Morgan fingerprint density at radius 2 is 1.52 bits per heavy atom. The second-order valence-electron chi connectivity index (χ2n) is 6.95. The summed E-state index contributed by atoms with van der Waals surface area (Å²) < 4.78 is 0. The van der Waals surface area contributed by atoms with Crippen molar-refractivity contribution in [2.45, 2.75) is 18.9 Å². The molecule has 3 rings (SSSR count). The van der Waals surface area contributed by atoms with Gasteiger partial charge in [0.25, 0.3) is 0 Å². The summed E-state index contributed by atoms with van der Waals surface area (Å²) in [4.78, 5) is 25.4. The van der Waals surface area contributed by atoms with Gasteiger partial charge in [0.05, 0.1) is 18.2 Å². The molecular weight excluding hydrogens is 388 g/mol. The van der Waals surface area contributed by atoms with Crippen LogP contribution in [0.2, 0.25) is 0 Å². The molecule has 0 heterocycles. The summed E-state index contributed by atoms with van der Waals surface area (Å²) in [5.41, 5.74) is 3.44. The molecule has 6 nitrogen and oxygen atoms in total. The molecule has 0 aliphatic carbocycles. The maximum absolute atomic E-state index is 12.8. The summed E-state index contributed by atoms with van der Waals surface area (Å²) in [5.74, 6) is -0.328. The summed E-state index contributed by atoms with van der Waals surface area (Å²) in [5, 5.41) is 17.0. The minimum absolute atomic E-state index is 0.209. The number of para-hydroxylation sites is 1. The first kappa shape index (κ1) is 21.6. The molecular formula is C25H24N4O2. The van der Waals surface area contributed by atoms with Crippen molar-refractivity contribution >= 4 is 17.6 Å². The van der Waals surface area contributed by atoms with Crippen molar-refractivity contribution in [1.82, 2.24) is 10.6 Å². The van der Waals surface area contributed by atoms with E-state index >= 15 is 0 Å². The average Bonchev–Trinajstić information content (AvgIpc) is 2.80. The number of nitrogens with one attached hydrogen (secondary N) is 3. The van der Waals surface area contributed by atoms with E-state index in [1.807, 2.05) is 91.0 Å². The monoisotopic (exact) mass is 412 g/mol. The number of benzene rings is 3. The molecule has 3 amide bonds. The van der Waals surface area contributed by atoms with E-state index in [-0.39, 0.29) is 18.9 Å².